The summed E-state index contributed by atoms with van der Waals surface area (Å²) in [6.45, 7) is 8.54. The standard InChI is InChI=1S/C27H31FN2O5S.K/c1-16(2)21-12-20(28)13-22(18-7-10-26(35-6)29-15-18)23(21)14-25(31)30-36(33,34)24-9-8-19(11-17(24)3)27(4,5)32;/h7-13,15-16,32H,14H2,1-6H3,(H,30,31);. The van der Waals surface area contributed by atoms with Crippen molar-refractivity contribution in [2.75, 3.05) is 7.11 Å². The summed E-state index contributed by atoms with van der Waals surface area (Å²) < 4.78 is 47.8. The molecule has 37 heavy (non-hydrogen) atoms. The Hall–Kier alpha value is -1.66. The number of hydrogen-bond donors (Lipinski definition) is 2. The molecule has 0 atom stereocenters. The van der Waals surface area contributed by atoms with E-state index in [1.807, 2.05) is 13.8 Å². The Labute approximate surface area is 260 Å². The molecular formula is C27H31FKN2O5S. The minimum absolute atomic E-state index is 0. The number of sulfonamides is 1. The van der Waals surface area contributed by atoms with E-state index < -0.39 is 27.3 Å². The molecule has 1 aromatic heterocycles. The van der Waals surface area contributed by atoms with Crippen molar-refractivity contribution in [3.8, 4) is 17.0 Å². The van der Waals surface area contributed by atoms with Gasteiger partial charge in [0.2, 0.25) is 11.8 Å². The Morgan fingerprint density at radius 2 is 1.84 bits per heavy atom. The first kappa shape index (κ1) is 31.6. The second-order valence-corrected chi connectivity index (χ2v) is 11.2. The molecule has 7 nitrogen and oxygen atoms in total. The molecule has 0 saturated heterocycles. The summed E-state index contributed by atoms with van der Waals surface area (Å²) in [6.07, 6.45) is 1.23. The number of nitrogens with zero attached hydrogens (tertiary/aromatic N) is 1. The van der Waals surface area contributed by atoms with Gasteiger partial charge in [-0.2, -0.15) is 0 Å². The molecule has 0 bridgehead atoms. The Bertz CT molecular complexity index is 1390. The molecule has 0 spiro atoms. The van der Waals surface area contributed by atoms with E-state index >= 15 is 0 Å². The average Bonchev–Trinajstić information content (AvgIpc) is 2.78. The zero-order valence-electron chi connectivity index (χ0n) is 22.2. The largest absolute Gasteiger partial charge is 0.481 e. The predicted molar refractivity (Wildman–Crippen MR) is 141 cm³/mol. The molecule has 3 rings (SSSR count). The van der Waals surface area contributed by atoms with E-state index in [2.05, 4.69) is 9.71 Å². The molecule has 0 aliphatic heterocycles. The number of pyridine rings is 1. The molecule has 0 unspecified atom stereocenters. The number of hydrogen-bond acceptors (Lipinski definition) is 6. The number of aryl methyl sites for hydroxylation is 1. The molecule has 1 radical (unpaired) electrons. The number of carbonyl (C=O) groups is 1. The van der Waals surface area contributed by atoms with Gasteiger partial charge in [0.15, 0.2) is 0 Å². The van der Waals surface area contributed by atoms with Crippen molar-refractivity contribution in [1.29, 1.82) is 0 Å². The van der Waals surface area contributed by atoms with Gasteiger partial charge in [0, 0.05) is 69.2 Å². The van der Waals surface area contributed by atoms with E-state index in [1.165, 1.54) is 37.6 Å². The summed E-state index contributed by atoms with van der Waals surface area (Å²) in [5.74, 6) is -0.960. The van der Waals surface area contributed by atoms with E-state index in [0.29, 0.717) is 39.3 Å². The van der Waals surface area contributed by atoms with Crippen LogP contribution in [0.3, 0.4) is 0 Å². The summed E-state index contributed by atoms with van der Waals surface area (Å²) in [7, 11) is -2.70. The summed E-state index contributed by atoms with van der Waals surface area (Å²) >= 11 is 0. The Balaban J connectivity index is 0.00000481. The minimum Gasteiger partial charge on any atom is -0.481 e. The van der Waals surface area contributed by atoms with Crippen LogP contribution in [0.25, 0.3) is 11.1 Å². The number of aromatic nitrogens is 1. The van der Waals surface area contributed by atoms with Gasteiger partial charge in [0.1, 0.15) is 5.82 Å². The van der Waals surface area contributed by atoms with Crippen LogP contribution in [0.5, 0.6) is 5.88 Å². The van der Waals surface area contributed by atoms with E-state index in [9.17, 15) is 22.7 Å². The number of nitrogens with one attached hydrogen (secondary N) is 1. The van der Waals surface area contributed by atoms with Gasteiger partial charge >= 0.3 is 0 Å². The normalized spacial score (nSPS) is 11.7. The molecule has 0 aliphatic rings. The number of benzene rings is 2. The maximum Gasteiger partial charge on any atom is 0.264 e. The first-order valence-electron chi connectivity index (χ1n) is 11.4. The number of rotatable bonds is 8. The molecule has 0 fully saturated rings. The first-order valence-corrected chi connectivity index (χ1v) is 12.9. The van der Waals surface area contributed by atoms with Gasteiger partial charge in [-0.05, 0) is 78.8 Å². The zero-order valence-corrected chi connectivity index (χ0v) is 26.2. The van der Waals surface area contributed by atoms with Crippen LogP contribution >= 0.6 is 0 Å². The Kier molecular flexibility index (Phi) is 10.6. The van der Waals surface area contributed by atoms with Crippen molar-refractivity contribution in [2.45, 2.75) is 57.5 Å². The number of aliphatic hydroxyl groups is 1. The predicted octanol–water partition coefficient (Wildman–Crippen LogP) is 4.22. The second kappa shape index (κ2) is 12.5. The van der Waals surface area contributed by atoms with Crippen molar-refractivity contribution in [3.05, 3.63) is 76.7 Å². The summed E-state index contributed by atoms with van der Waals surface area (Å²) in [4.78, 5) is 17.1. The smallest absolute Gasteiger partial charge is 0.264 e. The number of amides is 1. The molecule has 3 aromatic rings. The summed E-state index contributed by atoms with van der Waals surface area (Å²) in [5.41, 5.74) is 1.94. The number of methoxy groups -OCH3 is 1. The second-order valence-electron chi connectivity index (χ2n) is 9.51. The first-order chi connectivity index (χ1) is 16.7. The third-order valence-corrected chi connectivity index (χ3v) is 7.42. The van der Waals surface area contributed by atoms with Gasteiger partial charge in [-0.1, -0.05) is 26.0 Å². The van der Waals surface area contributed by atoms with Crippen LogP contribution in [0.1, 0.15) is 55.9 Å². The van der Waals surface area contributed by atoms with Gasteiger partial charge in [-0.3, -0.25) is 4.79 Å². The summed E-state index contributed by atoms with van der Waals surface area (Å²) in [5, 5.41) is 10.2. The van der Waals surface area contributed by atoms with Crippen molar-refractivity contribution >= 4 is 67.3 Å². The summed E-state index contributed by atoms with van der Waals surface area (Å²) in [6, 6.07) is 10.5. The van der Waals surface area contributed by atoms with Crippen LogP contribution in [0.2, 0.25) is 0 Å². The third-order valence-electron chi connectivity index (χ3n) is 5.88. The molecule has 2 N–H and O–H groups in total. The van der Waals surface area contributed by atoms with E-state index in [1.54, 1.807) is 39.0 Å². The number of ether oxygens (including phenoxy) is 1. The monoisotopic (exact) mass is 553 g/mol. The Morgan fingerprint density at radius 1 is 1.16 bits per heavy atom. The molecule has 0 aliphatic carbocycles. The fourth-order valence-electron chi connectivity index (χ4n) is 4.02. The maximum atomic E-state index is 14.5. The number of carbonyl (C=O) groups excluding carboxylic acids is 1. The fourth-order valence-corrected chi connectivity index (χ4v) is 5.23. The van der Waals surface area contributed by atoms with Crippen molar-refractivity contribution < 1.29 is 27.4 Å². The number of halogens is 1. The van der Waals surface area contributed by atoms with Gasteiger partial charge < -0.3 is 9.84 Å². The minimum atomic E-state index is -4.18. The van der Waals surface area contributed by atoms with Crippen LogP contribution in [-0.2, 0) is 26.8 Å². The molecule has 1 amide bonds. The molecule has 2 aromatic carbocycles. The van der Waals surface area contributed by atoms with Gasteiger partial charge in [-0.25, -0.2) is 22.5 Å². The van der Waals surface area contributed by atoms with Crippen LogP contribution < -0.4 is 9.46 Å². The molecule has 10 heteroatoms. The molecule has 193 valence electrons. The van der Waals surface area contributed by atoms with E-state index in [0.717, 1.165) is 0 Å². The third kappa shape index (κ3) is 7.69. The van der Waals surface area contributed by atoms with Gasteiger partial charge in [-0.15, -0.1) is 0 Å². The zero-order chi connectivity index (χ0) is 26.8. The quantitative estimate of drug-likeness (QED) is 0.405. The molecule has 1 heterocycles. The van der Waals surface area contributed by atoms with Crippen LogP contribution in [0, 0.1) is 12.7 Å². The molecular weight excluding hydrogens is 522 g/mol. The fraction of sp³-hybridized carbons (Fsp3) is 0.333. The van der Waals surface area contributed by atoms with Crippen molar-refractivity contribution in [1.82, 2.24) is 9.71 Å². The van der Waals surface area contributed by atoms with Crippen LogP contribution in [-0.4, -0.2) is 82.9 Å². The molecule has 0 saturated carbocycles. The van der Waals surface area contributed by atoms with Crippen LogP contribution in [0.15, 0.2) is 53.6 Å². The Morgan fingerprint density at radius 3 is 2.35 bits per heavy atom. The van der Waals surface area contributed by atoms with Crippen LogP contribution in [0.4, 0.5) is 4.39 Å². The van der Waals surface area contributed by atoms with E-state index in [4.69, 9.17) is 4.74 Å². The topological polar surface area (TPSA) is 106 Å². The van der Waals surface area contributed by atoms with E-state index in [-0.39, 0.29) is 68.6 Å². The van der Waals surface area contributed by atoms with Crippen molar-refractivity contribution in [3.63, 3.8) is 0 Å². The SMILES string of the molecule is COc1ccc(-c2cc(F)cc(C(C)C)c2CC(=O)NS(=O)(=O)c2ccc(C(C)(C)O)cc2C)cn1.[K]. The van der Waals surface area contributed by atoms with Crippen molar-refractivity contribution in [2.24, 2.45) is 0 Å². The average molecular weight is 554 g/mol. The van der Waals surface area contributed by atoms with Gasteiger partial charge in [0.05, 0.1) is 24.0 Å². The van der Waals surface area contributed by atoms with Gasteiger partial charge in [0.25, 0.3) is 10.0 Å². The maximum absolute atomic E-state index is 14.5.